The molecule has 4 heteroatoms. The molecule has 0 saturated heterocycles. The second-order valence-electron chi connectivity index (χ2n) is 4.65. The van der Waals surface area contributed by atoms with Crippen LogP contribution in [0.25, 0.3) is 0 Å². The number of amides is 1. The summed E-state index contributed by atoms with van der Waals surface area (Å²) in [6, 6.07) is 22.2. The molecule has 0 radical (unpaired) electrons. The Hall–Kier alpha value is -2.08. The van der Waals surface area contributed by atoms with Gasteiger partial charge < -0.3 is 0 Å². The first-order valence-electron chi connectivity index (χ1n) is 6.66. The number of carbonyl (C=O) groups excluding carboxylic acids is 1. The number of rotatable bonds is 6. The quantitative estimate of drug-likeness (QED) is 0.813. The number of carbonyl (C=O) groups is 1. The minimum absolute atomic E-state index is 0.146. The second-order valence-corrected chi connectivity index (χ2v) is 7.33. The molecule has 0 heterocycles. The van der Waals surface area contributed by atoms with Crippen LogP contribution in [0.5, 0.6) is 0 Å². The van der Waals surface area contributed by atoms with Crippen molar-refractivity contribution in [3.63, 3.8) is 0 Å². The maximum atomic E-state index is 11.4. The van der Waals surface area contributed by atoms with Crippen molar-refractivity contribution >= 4 is 25.3 Å². The van der Waals surface area contributed by atoms with Crippen molar-refractivity contribution in [3.8, 4) is 6.07 Å². The monoisotopic (exact) mass is 344 g/mol. The van der Waals surface area contributed by atoms with E-state index in [1.54, 1.807) is 0 Å². The first-order chi connectivity index (χ1) is 10.2. The van der Waals surface area contributed by atoms with Gasteiger partial charge in [-0.3, -0.25) is 0 Å². The van der Waals surface area contributed by atoms with Crippen LogP contribution in [0.3, 0.4) is 0 Å². The molecule has 2 atom stereocenters. The van der Waals surface area contributed by atoms with Crippen molar-refractivity contribution in [1.29, 1.82) is 5.26 Å². The second kappa shape index (κ2) is 7.64. The minimum atomic E-state index is -0.735. The molecule has 0 aliphatic carbocycles. The van der Waals surface area contributed by atoms with Gasteiger partial charge in [-0.15, -0.1) is 0 Å². The summed E-state index contributed by atoms with van der Waals surface area (Å²) in [4.78, 5) is 11.5. The van der Waals surface area contributed by atoms with Crippen molar-refractivity contribution < 1.29 is 4.79 Å². The van der Waals surface area contributed by atoms with Crippen molar-refractivity contribution in [2.75, 3.05) is 0 Å². The number of nitriles is 1. The molecule has 2 rings (SSSR count). The normalized spacial score (nSPS) is 13.1. The molecule has 1 amide bonds. The molecule has 2 N–H and O–H groups in total. The summed E-state index contributed by atoms with van der Waals surface area (Å²) in [6.07, 6.45) is 0.477. The van der Waals surface area contributed by atoms with Crippen LogP contribution in [0.2, 0.25) is 0 Å². The molecule has 0 saturated carbocycles. The van der Waals surface area contributed by atoms with Gasteiger partial charge in [-0.25, -0.2) is 0 Å². The van der Waals surface area contributed by atoms with E-state index in [2.05, 4.69) is 12.1 Å². The number of benzene rings is 2. The predicted molar refractivity (Wildman–Crippen MR) is 83.9 cm³/mol. The van der Waals surface area contributed by atoms with Gasteiger partial charge in [-0.2, -0.15) is 0 Å². The standard InChI is InChI=1S/C17H16N2OSe/c18-12-14(17(19)20)11-16(13-7-3-1-4-8-13)21-15-9-5-2-6-10-15/h1-10,14,16H,11H2,(H2,19,20). The van der Waals surface area contributed by atoms with Crippen molar-refractivity contribution in [1.82, 2.24) is 0 Å². The Morgan fingerprint density at radius 2 is 1.67 bits per heavy atom. The predicted octanol–water partition coefficient (Wildman–Crippen LogP) is 1.77. The van der Waals surface area contributed by atoms with Crippen LogP contribution >= 0.6 is 0 Å². The van der Waals surface area contributed by atoms with Gasteiger partial charge >= 0.3 is 131 Å². The third-order valence-corrected chi connectivity index (χ3v) is 5.86. The SMILES string of the molecule is N#CC(CC([Se]c1ccccc1)c1ccccc1)C(N)=O. The number of hydrogen-bond donors (Lipinski definition) is 1. The van der Waals surface area contributed by atoms with Gasteiger partial charge in [0.05, 0.1) is 0 Å². The number of nitrogens with two attached hydrogens (primary N) is 1. The van der Waals surface area contributed by atoms with Crippen molar-refractivity contribution in [2.24, 2.45) is 11.7 Å². The van der Waals surface area contributed by atoms with E-state index in [0.29, 0.717) is 6.42 Å². The van der Waals surface area contributed by atoms with E-state index in [1.807, 2.05) is 54.6 Å². The summed E-state index contributed by atoms with van der Waals surface area (Å²) in [5.74, 6) is -1.27. The van der Waals surface area contributed by atoms with Gasteiger partial charge in [0.2, 0.25) is 0 Å². The number of hydrogen-bond acceptors (Lipinski definition) is 2. The molecule has 2 aromatic carbocycles. The topological polar surface area (TPSA) is 66.9 Å². The zero-order valence-corrected chi connectivity index (χ0v) is 13.2. The molecule has 0 spiro atoms. The first kappa shape index (κ1) is 15.3. The van der Waals surface area contributed by atoms with E-state index < -0.39 is 11.8 Å². The van der Waals surface area contributed by atoms with Crippen molar-refractivity contribution in [2.45, 2.75) is 11.2 Å². The summed E-state index contributed by atoms with van der Waals surface area (Å²) >= 11 is 0.146. The van der Waals surface area contributed by atoms with Crippen LogP contribution in [0.1, 0.15) is 16.8 Å². The molecule has 0 bridgehead atoms. The molecule has 0 aliphatic heterocycles. The fourth-order valence-electron chi connectivity index (χ4n) is 2.03. The average Bonchev–Trinajstić information content (AvgIpc) is 2.53. The molecule has 2 aromatic rings. The fourth-order valence-corrected chi connectivity index (χ4v) is 4.60. The summed E-state index contributed by atoms with van der Waals surface area (Å²) in [5.41, 5.74) is 6.47. The van der Waals surface area contributed by atoms with Crippen molar-refractivity contribution in [3.05, 3.63) is 66.2 Å². The Kier molecular flexibility index (Phi) is 5.57. The number of nitrogens with zero attached hydrogens (tertiary/aromatic N) is 1. The zero-order valence-electron chi connectivity index (χ0n) is 11.5. The molecular weight excluding hydrogens is 327 g/mol. The van der Waals surface area contributed by atoms with E-state index >= 15 is 0 Å². The Balaban J connectivity index is 2.23. The summed E-state index contributed by atoms with van der Waals surface area (Å²) in [7, 11) is 0. The van der Waals surface area contributed by atoms with Gasteiger partial charge in [0.25, 0.3) is 0 Å². The van der Waals surface area contributed by atoms with Gasteiger partial charge in [0.1, 0.15) is 0 Å². The summed E-state index contributed by atoms with van der Waals surface area (Å²) < 4.78 is 1.25. The molecule has 21 heavy (non-hydrogen) atoms. The Morgan fingerprint density at radius 3 is 2.19 bits per heavy atom. The molecule has 0 aromatic heterocycles. The van der Waals surface area contributed by atoms with Crippen LogP contribution in [-0.4, -0.2) is 20.9 Å². The molecule has 2 unspecified atom stereocenters. The third-order valence-electron chi connectivity index (χ3n) is 3.14. The van der Waals surface area contributed by atoms with Crippen LogP contribution < -0.4 is 10.2 Å². The Morgan fingerprint density at radius 1 is 1.10 bits per heavy atom. The maximum absolute atomic E-state index is 11.4. The van der Waals surface area contributed by atoms with E-state index in [0.717, 1.165) is 5.56 Å². The Bertz CT molecular complexity index is 622. The van der Waals surface area contributed by atoms with Crippen LogP contribution in [0.4, 0.5) is 0 Å². The molecule has 3 nitrogen and oxygen atoms in total. The van der Waals surface area contributed by atoms with Gasteiger partial charge in [-0.1, -0.05) is 0 Å². The average molecular weight is 343 g/mol. The van der Waals surface area contributed by atoms with Crippen LogP contribution in [0, 0.1) is 17.2 Å². The third kappa shape index (κ3) is 4.46. The van der Waals surface area contributed by atoms with Gasteiger partial charge in [0, 0.05) is 0 Å². The summed E-state index contributed by atoms with van der Waals surface area (Å²) in [5, 5.41) is 9.11. The van der Waals surface area contributed by atoms with E-state index in [1.165, 1.54) is 4.46 Å². The van der Waals surface area contributed by atoms with Gasteiger partial charge in [-0.05, 0) is 0 Å². The van der Waals surface area contributed by atoms with Crippen LogP contribution in [-0.2, 0) is 4.79 Å². The first-order valence-corrected chi connectivity index (χ1v) is 8.51. The van der Waals surface area contributed by atoms with Crippen LogP contribution in [0.15, 0.2) is 60.7 Å². The van der Waals surface area contributed by atoms with E-state index in [9.17, 15) is 4.79 Å². The zero-order chi connectivity index (χ0) is 15.1. The van der Waals surface area contributed by atoms with E-state index in [4.69, 9.17) is 11.0 Å². The Labute approximate surface area is 130 Å². The number of primary amides is 1. The molecule has 0 fully saturated rings. The molecule has 0 aliphatic rings. The summed E-state index contributed by atoms with van der Waals surface area (Å²) in [6.45, 7) is 0. The van der Waals surface area contributed by atoms with Gasteiger partial charge in [0.15, 0.2) is 0 Å². The molecular formula is C17H16N2OSe. The molecule has 106 valence electrons. The fraction of sp³-hybridized carbons (Fsp3) is 0.176. The van der Waals surface area contributed by atoms with E-state index in [-0.39, 0.29) is 19.8 Å².